The SMILES string of the molecule is CCc1ccc(CC)c(CNC(=O)C(CC)Oc2ccc(C)cc2C)c1. The second-order valence-corrected chi connectivity index (χ2v) is 6.81. The van der Waals surface area contributed by atoms with Crippen molar-refractivity contribution < 1.29 is 9.53 Å². The molecule has 3 heteroatoms. The molecule has 2 rings (SSSR count). The van der Waals surface area contributed by atoms with Crippen molar-refractivity contribution in [3.8, 4) is 5.75 Å². The Balaban J connectivity index is 2.05. The molecule has 0 saturated heterocycles. The molecule has 0 aliphatic rings. The molecule has 0 bridgehead atoms. The van der Waals surface area contributed by atoms with Crippen LogP contribution in [0.5, 0.6) is 5.75 Å². The Hall–Kier alpha value is -2.29. The largest absolute Gasteiger partial charge is 0.480 e. The Morgan fingerprint density at radius 3 is 2.38 bits per heavy atom. The lowest BCUT2D eigenvalue weighted by Crippen LogP contribution is -2.37. The van der Waals surface area contributed by atoms with Crippen LogP contribution in [0.3, 0.4) is 0 Å². The lowest BCUT2D eigenvalue weighted by atomic mass is 10.0. The first kappa shape index (κ1) is 20.0. The van der Waals surface area contributed by atoms with Crippen molar-refractivity contribution in [2.75, 3.05) is 0 Å². The third kappa shape index (κ3) is 5.10. The highest BCUT2D eigenvalue weighted by molar-refractivity contribution is 5.81. The molecule has 0 aromatic heterocycles. The van der Waals surface area contributed by atoms with Gasteiger partial charge in [-0.1, -0.05) is 56.7 Å². The summed E-state index contributed by atoms with van der Waals surface area (Å²) in [4.78, 5) is 12.6. The smallest absolute Gasteiger partial charge is 0.261 e. The van der Waals surface area contributed by atoms with Gasteiger partial charge in [0.1, 0.15) is 5.75 Å². The lowest BCUT2D eigenvalue weighted by Gasteiger charge is -2.19. The second-order valence-electron chi connectivity index (χ2n) is 6.81. The Morgan fingerprint density at radius 2 is 1.77 bits per heavy atom. The highest BCUT2D eigenvalue weighted by atomic mass is 16.5. The van der Waals surface area contributed by atoms with E-state index < -0.39 is 6.10 Å². The minimum Gasteiger partial charge on any atom is -0.480 e. The quantitative estimate of drug-likeness (QED) is 0.733. The van der Waals surface area contributed by atoms with Gasteiger partial charge in [0.2, 0.25) is 0 Å². The van der Waals surface area contributed by atoms with E-state index >= 15 is 0 Å². The van der Waals surface area contributed by atoms with Crippen molar-refractivity contribution in [1.29, 1.82) is 0 Å². The zero-order chi connectivity index (χ0) is 19.1. The van der Waals surface area contributed by atoms with Crippen LogP contribution in [-0.2, 0) is 24.2 Å². The summed E-state index contributed by atoms with van der Waals surface area (Å²) in [5, 5.41) is 3.06. The van der Waals surface area contributed by atoms with Gasteiger partial charge >= 0.3 is 0 Å². The fourth-order valence-corrected chi connectivity index (χ4v) is 3.11. The Labute approximate surface area is 157 Å². The van der Waals surface area contributed by atoms with Gasteiger partial charge in [-0.3, -0.25) is 4.79 Å². The molecule has 1 amide bonds. The molecule has 2 aromatic rings. The molecule has 0 saturated carbocycles. The minimum atomic E-state index is -0.476. The number of hydrogen-bond donors (Lipinski definition) is 1. The maximum Gasteiger partial charge on any atom is 0.261 e. The molecule has 0 fully saturated rings. The van der Waals surface area contributed by atoms with E-state index in [-0.39, 0.29) is 5.91 Å². The van der Waals surface area contributed by atoms with Gasteiger partial charge in [-0.15, -0.1) is 0 Å². The summed E-state index contributed by atoms with van der Waals surface area (Å²) in [7, 11) is 0. The fraction of sp³-hybridized carbons (Fsp3) is 0.435. The van der Waals surface area contributed by atoms with Gasteiger partial charge in [0.05, 0.1) is 0 Å². The van der Waals surface area contributed by atoms with Crippen molar-refractivity contribution in [2.24, 2.45) is 0 Å². The zero-order valence-corrected chi connectivity index (χ0v) is 16.7. The molecular weight excluding hydrogens is 322 g/mol. The van der Waals surface area contributed by atoms with E-state index in [9.17, 15) is 4.79 Å². The normalized spacial score (nSPS) is 11.9. The highest BCUT2D eigenvalue weighted by Crippen LogP contribution is 2.21. The predicted octanol–water partition coefficient (Wildman–Crippen LogP) is 4.90. The summed E-state index contributed by atoms with van der Waals surface area (Å²) in [5.41, 5.74) is 6.02. The van der Waals surface area contributed by atoms with Crippen molar-refractivity contribution in [3.63, 3.8) is 0 Å². The van der Waals surface area contributed by atoms with Gasteiger partial charge in [0.15, 0.2) is 6.10 Å². The Kier molecular flexibility index (Phi) is 7.26. The highest BCUT2D eigenvalue weighted by Gasteiger charge is 2.19. The summed E-state index contributed by atoms with van der Waals surface area (Å²) in [6.45, 7) is 10.9. The number of rotatable bonds is 8. The van der Waals surface area contributed by atoms with Crippen LogP contribution in [0.2, 0.25) is 0 Å². The summed E-state index contributed by atoms with van der Waals surface area (Å²) >= 11 is 0. The Morgan fingerprint density at radius 1 is 1.00 bits per heavy atom. The molecule has 1 unspecified atom stereocenters. The number of aryl methyl sites for hydroxylation is 4. The molecule has 1 atom stereocenters. The van der Waals surface area contributed by atoms with Gasteiger partial charge in [-0.2, -0.15) is 0 Å². The monoisotopic (exact) mass is 353 g/mol. The van der Waals surface area contributed by atoms with Gasteiger partial charge in [0, 0.05) is 6.54 Å². The first-order valence-electron chi connectivity index (χ1n) is 9.60. The van der Waals surface area contributed by atoms with E-state index in [1.807, 2.05) is 26.0 Å². The van der Waals surface area contributed by atoms with E-state index in [1.54, 1.807) is 0 Å². The van der Waals surface area contributed by atoms with E-state index in [0.717, 1.165) is 24.2 Å². The van der Waals surface area contributed by atoms with Crippen molar-refractivity contribution >= 4 is 5.91 Å². The number of ether oxygens (including phenoxy) is 1. The summed E-state index contributed by atoms with van der Waals surface area (Å²) < 4.78 is 5.99. The fourth-order valence-electron chi connectivity index (χ4n) is 3.11. The van der Waals surface area contributed by atoms with Gasteiger partial charge < -0.3 is 10.1 Å². The van der Waals surface area contributed by atoms with Crippen LogP contribution in [0.15, 0.2) is 36.4 Å². The molecule has 140 valence electrons. The number of amides is 1. The van der Waals surface area contributed by atoms with Crippen molar-refractivity contribution in [2.45, 2.75) is 66.5 Å². The maximum absolute atomic E-state index is 12.6. The molecule has 26 heavy (non-hydrogen) atoms. The maximum atomic E-state index is 12.6. The topological polar surface area (TPSA) is 38.3 Å². The summed E-state index contributed by atoms with van der Waals surface area (Å²) in [5.74, 6) is 0.719. The van der Waals surface area contributed by atoms with E-state index in [2.05, 4.69) is 50.4 Å². The van der Waals surface area contributed by atoms with Crippen LogP contribution >= 0.6 is 0 Å². The molecule has 0 radical (unpaired) electrons. The molecule has 2 aromatic carbocycles. The first-order valence-corrected chi connectivity index (χ1v) is 9.60. The first-order chi connectivity index (χ1) is 12.5. The molecule has 1 N–H and O–H groups in total. The molecule has 0 aliphatic heterocycles. The predicted molar refractivity (Wildman–Crippen MR) is 108 cm³/mol. The molecule has 3 nitrogen and oxygen atoms in total. The van der Waals surface area contributed by atoms with Crippen LogP contribution < -0.4 is 10.1 Å². The summed E-state index contributed by atoms with van der Waals surface area (Å²) in [6.07, 6.45) is 2.12. The van der Waals surface area contributed by atoms with Gasteiger partial charge in [-0.25, -0.2) is 0 Å². The third-order valence-electron chi connectivity index (χ3n) is 4.78. The van der Waals surface area contributed by atoms with Crippen molar-refractivity contribution in [1.82, 2.24) is 5.32 Å². The average Bonchev–Trinajstić information content (AvgIpc) is 2.65. The lowest BCUT2D eigenvalue weighted by molar-refractivity contribution is -0.128. The molecule has 0 aliphatic carbocycles. The number of hydrogen-bond acceptors (Lipinski definition) is 2. The van der Waals surface area contributed by atoms with Gasteiger partial charge in [0.25, 0.3) is 5.91 Å². The van der Waals surface area contributed by atoms with Gasteiger partial charge in [-0.05, 0) is 61.4 Å². The number of carbonyl (C=O) groups excluding carboxylic acids is 1. The van der Waals surface area contributed by atoms with Crippen LogP contribution in [0.4, 0.5) is 0 Å². The number of carbonyl (C=O) groups is 1. The van der Waals surface area contributed by atoms with Crippen molar-refractivity contribution in [3.05, 3.63) is 64.2 Å². The number of benzene rings is 2. The standard InChI is InChI=1S/C23H31NO2/c1-6-18-10-11-19(7-2)20(14-18)15-24-23(25)21(8-3)26-22-12-9-16(4)13-17(22)5/h9-14,21H,6-8,15H2,1-5H3,(H,24,25). The van der Waals surface area contributed by atoms with Crippen LogP contribution in [0.1, 0.15) is 55.0 Å². The van der Waals surface area contributed by atoms with E-state index in [4.69, 9.17) is 4.74 Å². The van der Waals surface area contributed by atoms with E-state index in [0.29, 0.717) is 13.0 Å². The Bertz CT molecular complexity index is 752. The third-order valence-corrected chi connectivity index (χ3v) is 4.78. The molecular formula is C23H31NO2. The molecule has 0 spiro atoms. The second kappa shape index (κ2) is 9.42. The van der Waals surface area contributed by atoms with Crippen LogP contribution in [0, 0.1) is 13.8 Å². The molecule has 0 heterocycles. The average molecular weight is 354 g/mol. The minimum absolute atomic E-state index is 0.0589. The van der Waals surface area contributed by atoms with Crippen LogP contribution in [-0.4, -0.2) is 12.0 Å². The number of nitrogens with one attached hydrogen (secondary N) is 1. The zero-order valence-electron chi connectivity index (χ0n) is 16.7. The van der Waals surface area contributed by atoms with Crippen LogP contribution in [0.25, 0.3) is 0 Å². The summed E-state index contributed by atoms with van der Waals surface area (Å²) in [6, 6.07) is 12.6. The van der Waals surface area contributed by atoms with E-state index in [1.165, 1.54) is 22.3 Å².